The van der Waals surface area contributed by atoms with Gasteiger partial charge < -0.3 is 25.2 Å². The summed E-state index contributed by atoms with van der Waals surface area (Å²) in [5.74, 6) is -1.43. The number of fused-ring (bicyclic) bond motifs is 2. The van der Waals surface area contributed by atoms with E-state index in [9.17, 15) is 24.9 Å². The van der Waals surface area contributed by atoms with Crippen LogP contribution in [0.1, 0.15) is 39.1 Å². The normalized spacial score (nSPS) is 35.0. The highest BCUT2D eigenvalue weighted by Crippen LogP contribution is 2.47. The van der Waals surface area contributed by atoms with Crippen molar-refractivity contribution >= 4 is 11.8 Å². The van der Waals surface area contributed by atoms with Crippen LogP contribution in [0.4, 0.5) is 0 Å². The Labute approximate surface area is 119 Å². The molecule has 0 aromatic heterocycles. The molecular formula is C14H14O7. The molecule has 2 aliphatic rings. The maximum absolute atomic E-state index is 12.0. The molecule has 1 saturated heterocycles. The van der Waals surface area contributed by atoms with E-state index in [2.05, 4.69) is 0 Å². The lowest BCUT2D eigenvalue weighted by Gasteiger charge is -2.36. The Morgan fingerprint density at radius 3 is 2.57 bits per heavy atom. The lowest BCUT2D eigenvalue weighted by Crippen LogP contribution is -2.44. The van der Waals surface area contributed by atoms with Gasteiger partial charge in [-0.1, -0.05) is 6.07 Å². The van der Waals surface area contributed by atoms with Crippen LogP contribution in [0.25, 0.3) is 0 Å². The molecule has 1 aliphatic heterocycles. The third-order valence-electron chi connectivity index (χ3n) is 4.17. The number of aromatic carboxylic acids is 1. The summed E-state index contributed by atoms with van der Waals surface area (Å²) in [7, 11) is 0. The molecule has 1 aromatic carbocycles. The number of ketones is 1. The van der Waals surface area contributed by atoms with E-state index in [1.165, 1.54) is 18.2 Å². The number of benzene rings is 1. The first-order chi connectivity index (χ1) is 9.86. The second kappa shape index (κ2) is 4.60. The second-order valence-electron chi connectivity index (χ2n) is 5.32. The van der Waals surface area contributed by atoms with Crippen LogP contribution in [0, 0.1) is 0 Å². The number of carbonyl (C=O) groups excluding carboxylic acids is 1. The summed E-state index contributed by atoms with van der Waals surface area (Å²) in [5.41, 5.74) is -1.000. The Hall–Kier alpha value is -1.80. The SMILES string of the molecule is O=C(O)c1ccc2c(c1)C(=O)CC[C@@]21OC(O)[C@H](O)[C@@H]1O. The van der Waals surface area contributed by atoms with Crippen molar-refractivity contribution in [1.29, 1.82) is 0 Å². The molecule has 0 saturated carbocycles. The molecule has 112 valence electrons. The number of carbonyl (C=O) groups is 2. The minimum atomic E-state index is -1.56. The molecule has 1 aromatic rings. The molecular weight excluding hydrogens is 280 g/mol. The van der Waals surface area contributed by atoms with E-state index in [0.29, 0.717) is 5.56 Å². The van der Waals surface area contributed by atoms with E-state index in [0.717, 1.165) is 0 Å². The Morgan fingerprint density at radius 1 is 1.29 bits per heavy atom. The first-order valence-electron chi connectivity index (χ1n) is 6.50. The van der Waals surface area contributed by atoms with Gasteiger partial charge in [0.1, 0.15) is 17.8 Å². The second-order valence-corrected chi connectivity index (χ2v) is 5.32. The smallest absolute Gasteiger partial charge is 0.335 e. The number of hydrogen-bond donors (Lipinski definition) is 4. The van der Waals surface area contributed by atoms with Crippen LogP contribution in [-0.4, -0.2) is 50.7 Å². The van der Waals surface area contributed by atoms with Crippen LogP contribution >= 0.6 is 0 Å². The van der Waals surface area contributed by atoms with Gasteiger partial charge in [-0.05, 0) is 24.1 Å². The summed E-state index contributed by atoms with van der Waals surface area (Å²) in [5, 5.41) is 38.5. The van der Waals surface area contributed by atoms with Crippen molar-refractivity contribution in [2.45, 2.75) is 36.9 Å². The molecule has 1 fully saturated rings. The molecule has 4 N–H and O–H groups in total. The molecule has 21 heavy (non-hydrogen) atoms. The molecule has 7 nitrogen and oxygen atoms in total. The van der Waals surface area contributed by atoms with Crippen molar-refractivity contribution in [3.8, 4) is 0 Å². The molecule has 1 heterocycles. The molecule has 4 atom stereocenters. The number of carboxylic acids is 1. The summed E-state index contributed by atoms with van der Waals surface area (Å²) in [6.45, 7) is 0. The maximum Gasteiger partial charge on any atom is 0.335 e. The molecule has 0 amide bonds. The largest absolute Gasteiger partial charge is 0.478 e. The molecule has 7 heteroatoms. The van der Waals surface area contributed by atoms with Crippen molar-refractivity contribution in [2.75, 3.05) is 0 Å². The maximum atomic E-state index is 12.0. The first-order valence-corrected chi connectivity index (χ1v) is 6.50. The molecule has 0 bridgehead atoms. The number of aliphatic hydroxyl groups is 3. The van der Waals surface area contributed by atoms with Gasteiger partial charge in [-0.15, -0.1) is 0 Å². The minimum absolute atomic E-state index is 0.0343. The van der Waals surface area contributed by atoms with Crippen LogP contribution in [0.3, 0.4) is 0 Å². The highest BCUT2D eigenvalue weighted by Gasteiger charge is 2.57. The molecule has 1 aliphatic carbocycles. The van der Waals surface area contributed by atoms with Gasteiger partial charge >= 0.3 is 5.97 Å². The van der Waals surface area contributed by atoms with Crippen molar-refractivity contribution in [1.82, 2.24) is 0 Å². The van der Waals surface area contributed by atoms with Crippen molar-refractivity contribution in [3.63, 3.8) is 0 Å². The summed E-state index contributed by atoms with van der Waals surface area (Å²) >= 11 is 0. The zero-order valence-corrected chi connectivity index (χ0v) is 10.9. The number of Topliss-reactive ketones (excluding diaryl/α,β-unsaturated/α-hetero) is 1. The van der Waals surface area contributed by atoms with Gasteiger partial charge in [-0.3, -0.25) is 4.79 Å². The van der Waals surface area contributed by atoms with E-state index < -0.39 is 30.1 Å². The highest BCUT2D eigenvalue weighted by atomic mass is 16.7. The van der Waals surface area contributed by atoms with Crippen molar-refractivity contribution in [2.24, 2.45) is 0 Å². The Morgan fingerprint density at radius 2 is 2.00 bits per heavy atom. The van der Waals surface area contributed by atoms with Crippen molar-refractivity contribution < 1.29 is 34.8 Å². The average molecular weight is 294 g/mol. The van der Waals surface area contributed by atoms with E-state index in [1.54, 1.807) is 0 Å². The zero-order chi connectivity index (χ0) is 15.4. The number of rotatable bonds is 1. The predicted octanol–water partition coefficient (Wildman–Crippen LogP) is -0.373. The molecule has 1 spiro atoms. The highest BCUT2D eigenvalue weighted by molar-refractivity contribution is 6.01. The van der Waals surface area contributed by atoms with Gasteiger partial charge in [0.2, 0.25) is 0 Å². The number of carboxylic acid groups (broad SMARTS) is 1. The fraction of sp³-hybridized carbons (Fsp3) is 0.429. The summed E-state index contributed by atoms with van der Waals surface area (Å²) in [4.78, 5) is 23.0. The summed E-state index contributed by atoms with van der Waals surface area (Å²) in [6, 6.07) is 3.92. The monoisotopic (exact) mass is 294 g/mol. The lowest BCUT2D eigenvalue weighted by atomic mass is 9.74. The van der Waals surface area contributed by atoms with Gasteiger partial charge in [0, 0.05) is 12.0 Å². The van der Waals surface area contributed by atoms with E-state index in [-0.39, 0.29) is 29.8 Å². The Kier molecular flexibility index (Phi) is 3.10. The van der Waals surface area contributed by atoms with Crippen LogP contribution in [-0.2, 0) is 10.3 Å². The number of ether oxygens (including phenoxy) is 1. The standard InChI is InChI=1S/C14H14O7/c15-9-3-4-14(11(17)10(16)13(20)21-14)8-2-1-6(12(18)19)5-7(8)9/h1-2,5,10-11,13,16-17,20H,3-4H2,(H,18,19)/t10-,11+,13?,14-/m1/s1. The molecule has 0 radical (unpaired) electrons. The molecule has 3 rings (SSSR count). The van der Waals surface area contributed by atoms with E-state index >= 15 is 0 Å². The first kappa shape index (κ1) is 14.2. The van der Waals surface area contributed by atoms with Crippen LogP contribution < -0.4 is 0 Å². The van der Waals surface area contributed by atoms with Crippen molar-refractivity contribution in [3.05, 3.63) is 34.9 Å². The summed E-state index contributed by atoms with van der Waals surface area (Å²) in [6.07, 6.45) is -4.28. The van der Waals surface area contributed by atoms with Gasteiger partial charge in [0.25, 0.3) is 0 Å². The number of aliphatic hydroxyl groups excluding tert-OH is 3. The summed E-state index contributed by atoms with van der Waals surface area (Å²) < 4.78 is 5.35. The van der Waals surface area contributed by atoms with Gasteiger partial charge in [-0.2, -0.15) is 0 Å². The average Bonchev–Trinajstić information content (AvgIpc) is 2.68. The van der Waals surface area contributed by atoms with Crippen LogP contribution in [0.5, 0.6) is 0 Å². The fourth-order valence-electron chi connectivity index (χ4n) is 3.06. The van der Waals surface area contributed by atoms with Crippen LogP contribution in [0.2, 0.25) is 0 Å². The Balaban J connectivity index is 2.16. The van der Waals surface area contributed by atoms with Crippen LogP contribution in [0.15, 0.2) is 18.2 Å². The third-order valence-corrected chi connectivity index (χ3v) is 4.17. The topological polar surface area (TPSA) is 124 Å². The lowest BCUT2D eigenvalue weighted by molar-refractivity contribution is -0.169. The number of hydrogen-bond acceptors (Lipinski definition) is 6. The van der Waals surface area contributed by atoms with E-state index in [4.69, 9.17) is 9.84 Å². The quantitative estimate of drug-likeness (QED) is 0.557. The zero-order valence-electron chi connectivity index (χ0n) is 10.9. The Bertz CT molecular complexity index is 626. The predicted molar refractivity (Wildman–Crippen MR) is 67.7 cm³/mol. The van der Waals surface area contributed by atoms with Gasteiger partial charge in [0.15, 0.2) is 12.1 Å². The van der Waals surface area contributed by atoms with E-state index in [1.807, 2.05) is 0 Å². The third kappa shape index (κ3) is 1.90. The van der Waals surface area contributed by atoms with Gasteiger partial charge in [-0.25, -0.2) is 4.79 Å². The minimum Gasteiger partial charge on any atom is -0.478 e. The molecule has 1 unspecified atom stereocenters. The fourth-order valence-corrected chi connectivity index (χ4v) is 3.06. The van der Waals surface area contributed by atoms with Gasteiger partial charge in [0.05, 0.1) is 5.56 Å².